The summed E-state index contributed by atoms with van der Waals surface area (Å²) in [5.74, 6) is 0.934. The maximum absolute atomic E-state index is 5.50. The second-order valence-electron chi connectivity index (χ2n) is 5.55. The van der Waals surface area contributed by atoms with Gasteiger partial charge in [0.15, 0.2) is 5.65 Å². The molecule has 4 nitrogen and oxygen atoms in total. The number of aryl methyl sites for hydroxylation is 1. The van der Waals surface area contributed by atoms with Gasteiger partial charge in [0.25, 0.3) is 0 Å². The Morgan fingerprint density at radius 2 is 2.00 bits per heavy atom. The molecule has 0 spiro atoms. The Bertz CT molecular complexity index is 806. The number of hydrogen-bond donors (Lipinski definition) is 1. The van der Waals surface area contributed by atoms with Gasteiger partial charge in [0.2, 0.25) is 0 Å². The van der Waals surface area contributed by atoms with Crippen LogP contribution in [-0.4, -0.2) is 28.2 Å². The first-order valence-corrected chi connectivity index (χ1v) is 7.63. The quantitative estimate of drug-likeness (QED) is 0.776. The van der Waals surface area contributed by atoms with Crippen molar-refractivity contribution in [3.05, 3.63) is 58.0 Å². The van der Waals surface area contributed by atoms with Crippen molar-refractivity contribution in [2.24, 2.45) is 0 Å². The highest BCUT2D eigenvalue weighted by Crippen LogP contribution is 2.38. The summed E-state index contributed by atoms with van der Waals surface area (Å²) in [6, 6.07) is 10.4. The van der Waals surface area contributed by atoms with Crippen LogP contribution in [0.5, 0.6) is 0 Å². The Morgan fingerprint density at radius 1 is 1.24 bits per heavy atom. The average molecular weight is 344 g/mol. The molecule has 1 aromatic carbocycles. The van der Waals surface area contributed by atoms with Crippen LogP contribution in [0.2, 0.25) is 0 Å². The van der Waals surface area contributed by atoms with Gasteiger partial charge in [0, 0.05) is 10.7 Å². The zero-order valence-corrected chi connectivity index (χ0v) is 13.1. The van der Waals surface area contributed by atoms with E-state index in [0.717, 1.165) is 27.0 Å². The molecule has 2 aromatic heterocycles. The highest BCUT2D eigenvalue weighted by atomic mass is 79.9. The van der Waals surface area contributed by atoms with Gasteiger partial charge in [-0.25, -0.2) is 9.97 Å². The lowest BCUT2D eigenvalue weighted by molar-refractivity contribution is -0.0416. The molecule has 21 heavy (non-hydrogen) atoms. The first kappa shape index (κ1) is 13.0. The normalized spacial score (nSPS) is 16.9. The molecule has 4 rings (SSSR count). The maximum atomic E-state index is 5.50. The number of hydrogen-bond acceptors (Lipinski definition) is 3. The molecule has 1 fully saturated rings. The maximum Gasteiger partial charge on any atom is 0.177 e. The highest BCUT2D eigenvalue weighted by molar-refractivity contribution is 9.10. The van der Waals surface area contributed by atoms with Crippen LogP contribution in [0.25, 0.3) is 11.2 Å². The molecule has 0 amide bonds. The smallest absolute Gasteiger partial charge is 0.177 e. The van der Waals surface area contributed by atoms with Gasteiger partial charge in [0.1, 0.15) is 5.82 Å². The number of benzene rings is 1. The molecule has 0 radical (unpaired) electrons. The number of aromatic amines is 1. The van der Waals surface area contributed by atoms with Crippen LogP contribution < -0.4 is 0 Å². The fourth-order valence-electron chi connectivity index (χ4n) is 2.75. The Kier molecular flexibility index (Phi) is 2.87. The Labute approximate surface area is 130 Å². The topological polar surface area (TPSA) is 50.8 Å². The molecule has 1 aliphatic rings. The molecule has 0 atom stereocenters. The van der Waals surface area contributed by atoms with Gasteiger partial charge in [0.05, 0.1) is 24.1 Å². The van der Waals surface area contributed by atoms with Crippen LogP contribution in [0.15, 0.2) is 41.0 Å². The number of nitrogens with zero attached hydrogens (tertiary/aromatic N) is 2. The lowest BCUT2D eigenvalue weighted by Crippen LogP contribution is -2.48. The number of nitrogens with one attached hydrogen (secondary N) is 1. The predicted molar refractivity (Wildman–Crippen MR) is 84.4 cm³/mol. The van der Waals surface area contributed by atoms with E-state index in [9.17, 15) is 0 Å². The van der Waals surface area contributed by atoms with Crippen LogP contribution in [-0.2, 0) is 10.2 Å². The number of pyridine rings is 1. The second-order valence-corrected chi connectivity index (χ2v) is 6.47. The summed E-state index contributed by atoms with van der Waals surface area (Å²) in [7, 11) is 0. The van der Waals surface area contributed by atoms with Crippen LogP contribution >= 0.6 is 15.9 Å². The molecule has 3 heterocycles. The van der Waals surface area contributed by atoms with Gasteiger partial charge in [-0.3, -0.25) is 0 Å². The summed E-state index contributed by atoms with van der Waals surface area (Å²) in [6.07, 6.45) is 1.84. The van der Waals surface area contributed by atoms with Crippen molar-refractivity contribution in [2.75, 3.05) is 13.2 Å². The number of ether oxygens (including phenoxy) is 1. The molecular formula is C16H14BrN3O. The standard InChI is InChI=1S/C16H14BrN3O/c1-10-6-13-14(18-7-10)20-15(19-13)16(8-21-9-16)11-2-4-12(17)5-3-11/h2-7H,8-9H2,1H3,(H,18,19,20). The first-order chi connectivity index (χ1) is 10.2. The summed E-state index contributed by atoms with van der Waals surface area (Å²) in [5, 5.41) is 0. The van der Waals surface area contributed by atoms with E-state index in [2.05, 4.69) is 61.2 Å². The van der Waals surface area contributed by atoms with E-state index >= 15 is 0 Å². The fourth-order valence-corrected chi connectivity index (χ4v) is 3.01. The first-order valence-electron chi connectivity index (χ1n) is 6.84. The number of imidazole rings is 1. The average Bonchev–Trinajstić information content (AvgIpc) is 2.82. The second kappa shape index (κ2) is 4.64. The van der Waals surface area contributed by atoms with Crippen LogP contribution in [0.1, 0.15) is 17.0 Å². The summed E-state index contributed by atoms with van der Waals surface area (Å²) < 4.78 is 6.58. The van der Waals surface area contributed by atoms with E-state index in [1.54, 1.807) is 0 Å². The lowest BCUT2D eigenvalue weighted by atomic mass is 9.78. The zero-order chi connectivity index (χ0) is 14.4. The zero-order valence-electron chi connectivity index (χ0n) is 11.6. The Morgan fingerprint density at radius 3 is 2.67 bits per heavy atom. The van der Waals surface area contributed by atoms with E-state index in [0.29, 0.717) is 13.2 Å². The monoisotopic (exact) mass is 343 g/mol. The third kappa shape index (κ3) is 2.00. The van der Waals surface area contributed by atoms with Crippen molar-refractivity contribution in [1.29, 1.82) is 0 Å². The van der Waals surface area contributed by atoms with E-state index in [1.165, 1.54) is 5.56 Å². The number of halogens is 1. The predicted octanol–water partition coefficient (Wildman–Crippen LogP) is 3.35. The van der Waals surface area contributed by atoms with Crippen molar-refractivity contribution in [3.63, 3.8) is 0 Å². The van der Waals surface area contributed by atoms with Gasteiger partial charge >= 0.3 is 0 Å². The summed E-state index contributed by atoms with van der Waals surface area (Å²) >= 11 is 3.48. The van der Waals surface area contributed by atoms with Gasteiger partial charge in [-0.15, -0.1) is 0 Å². The number of aromatic nitrogens is 3. The molecule has 0 aliphatic carbocycles. The number of rotatable bonds is 2. The fraction of sp³-hybridized carbons (Fsp3) is 0.250. The molecule has 0 unspecified atom stereocenters. The summed E-state index contributed by atoms with van der Waals surface area (Å²) in [6.45, 7) is 3.32. The number of fused-ring (bicyclic) bond motifs is 1. The van der Waals surface area contributed by atoms with E-state index < -0.39 is 0 Å². The summed E-state index contributed by atoms with van der Waals surface area (Å²) in [5.41, 5.74) is 3.90. The molecule has 1 saturated heterocycles. The molecule has 0 saturated carbocycles. The molecular weight excluding hydrogens is 330 g/mol. The largest absolute Gasteiger partial charge is 0.378 e. The van der Waals surface area contributed by atoms with Crippen LogP contribution in [0, 0.1) is 6.92 Å². The van der Waals surface area contributed by atoms with Gasteiger partial charge in [-0.2, -0.15) is 0 Å². The van der Waals surface area contributed by atoms with E-state index in [-0.39, 0.29) is 5.41 Å². The third-order valence-electron chi connectivity index (χ3n) is 4.02. The number of H-pyrrole nitrogens is 1. The van der Waals surface area contributed by atoms with Crippen LogP contribution in [0.3, 0.4) is 0 Å². The van der Waals surface area contributed by atoms with Crippen LogP contribution in [0.4, 0.5) is 0 Å². The molecule has 1 N–H and O–H groups in total. The SMILES string of the molecule is Cc1cnc2nc(C3(c4ccc(Br)cc4)COC3)[nH]c2c1. The minimum atomic E-state index is -0.185. The third-order valence-corrected chi connectivity index (χ3v) is 4.55. The van der Waals surface area contributed by atoms with Crippen molar-refractivity contribution in [1.82, 2.24) is 15.0 Å². The van der Waals surface area contributed by atoms with Crippen molar-refractivity contribution in [2.45, 2.75) is 12.3 Å². The highest BCUT2D eigenvalue weighted by Gasteiger charge is 2.44. The minimum Gasteiger partial charge on any atom is -0.378 e. The van der Waals surface area contributed by atoms with Crippen molar-refractivity contribution in [3.8, 4) is 0 Å². The molecule has 106 valence electrons. The molecule has 5 heteroatoms. The van der Waals surface area contributed by atoms with Crippen molar-refractivity contribution < 1.29 is 4.74 Å². The Balaban J connectivity index is 1.85. The molecule has 3 aromatic rings. The molecule has 0 bridgehead atoms. The van der Waals surface area contributed by atoms with E-state index in [1.807, 2.05) is 13.1 Å². The van der Waals surface area contributed by atoms with Crippen molar-refractivity contribution >= 4 is 27.1 Å². The Hall–Kier alpha value is -1.72. The van der Waals surface area contributed by atoms with Gasteiger partial charge in [-0.1, -0.05) is 28.1 Å². The molecule has 1 aliphatic heterocycles. The van der Waals surface area contributed by atoms with Gasteiger partial charge in [-0.05, 0) is 36.2 Å². The lowest BCUT2D eigenvalue weighted by Gasteiger charge is -2.40. The van der Waals surface area contributed by atoms with Gasteiger partial charge < -0.3 is 9.72 Å². The summed E-state index contributed by atoms with van der Waals surface area (Å²) in [4.78, 5) is 12.5. The van der Waals surface area contributed by atoms with E-state index in [4.69, 9.17) is 4.74 Å². The minimum absolute atomic E-state index is 0.185.